The van der Waals surface area contributed by atoms with Gasteiger partial charge in [-0.3, -0.25) is 4.79 Å². The summed E-state index contributed by atoms with van der Waals surface area (Å²) in [4.78, 5) is 13.6. The standard InChI is InChI=1S/C11H15BrN2O.ClH/c1-3-6-14(2)11(15)9-5-4-8(12)7-10(9)13;/h4-5,7H,3,6,13H2,1-2H3;1H. The van der Waals surface area contributed by atoms with Gasteiger partial charge in [-0.05, 0) is 24.6 Å². The Labute approximate surface area is 111 Å². The molecule has 0 radical (unpaired) electrons. The Morgan fingerprint density at radius 3 is 2.62 bits per heavy atom. The molecule has 0 unspecified atom stereocenters. The van der Waals surface area contributed by atoms with Crippen LogP contribution in [0.5, 0.6) is 0 Å². The van der Waals surface area contributed by atoms with Crippen molar-refractivity contribution in [1.29, 1.82) is 0 Å². The van der Waals surface area contributed by atoms with Gasteiger partial charge < -0.3 is 10.6 Å². The summed E-state index contributed by atoms with van der Waals surface area (Å²) < 4.78 is 0.884. The molecular weight excluding hydrogens is 291 g/mol. The molecule has 0 bridgehead atoms. The lowest BCUT2D eigenvalue weighted by molar-refractivity contribution is 0.0796. The highest BCUT2D eigenvalue weighted by Crippen LogP contribution is 2.19. The molecule has 1 aromatic carbocycles. The molecule has 0 saturated carbocycles. The monoisotopic (exact) mass is 306 g/mol. The highest BCUT2D eigenvalue weighted by atomic mass is 79.9. The van der Waals surface area contributed by atoms with Crippen molar-refractivity contribution in [3.63, 3.8) is 0 Å². The smallest absolute Gasteiger partial charge is 0.255 e. The topological polar surface area (TPSA) is 46.3 Å². The Bertz CT molecular complexity index is 371. The lowest BCUT2D eigenvalue weighted by atomic mass is 10.1. The number of halogens is 2. The summed E-state index contributed by atoms with van der Waals surface area (Å²) >= 11 is 3.31. The van der Waals surface area contributed by atoms with E-state index in [1.807, 2.05) is 13.0 Å². The summed E-state index contributed by atoms with van der Waals surface area (Å²) in [7, 11) is 1.79. The van der Waals surface area contributed by atoms with Crippen LogP contribution in [-0.2, 0) is 0 Å². The molecule has 0 spiro atoms. The molecule has 3 nitrogen and oxygen atoms in total. The largest absolute Gasteiger partial charge is 0.398 e. The van der Waals surface area contributed by atoms with Crippen molar-refractivity contribution in [3.05, 3.63) is 28.2 Å². The third kappa shape index (κ3) is 3.68. The SMILES string of the molecule is CCCN(C)C(=O)c1ccc(Br)cc1N.Cl. The van der Waals surface area contributed by atoms with E-state index in [-0.39, 0.29) is 18.3 Å². The molecule has 16 heavy (non-hydrogen) atoms. The minimum atomic E-state index is -0.0261. The summed E-state index contributed by atoms with van der Waals surface area (Å²) in [5.41, 5.74) is 6.85. The molecule has 0 aliphatic heterocycles. The summed E-state index contributed by atoms with van der Waals surface area (Å²) in [6, 6.07) is 5.31. The van der Waals surface area contributed by atoms with E-state index >= 15 is 0 Å². The molecule has 0 aliphatic carbocycles. The van der Waals surface area contributed by atoms with E-state index in [9.17, 15) is 4.79 Å². The molecule has 0 heterocycles. The normalized spacial score (nSPS) is 9.44. The third-order valence-corrected chi connectivity index (χ3v) is 2.64. The van der Waals surface area contributed by atoms with Gasteiger partial charge in [0.05, 0.1) is 5.56 Å². The van der Waals surface area contributed by atoms with Crippen molar-refractivity contribution < 1.29 is 4.79 Å². The maximum atomic E-state index is 11.9. The number of hydrogen-bond donors (Lipinski definition) is 1. The van der Waals surface area contributed by atoms with Crippen LogP contribution in [0, 0.1) is 0 Å². The fraction of sp³-hybridized carbons (Fsp3) is 0.364. The first-order valence-electron chi connectivity index (χ1n) is 4.86. The molecule has 0 aliphatic rings. The number of nitrogens with zero attached hydrogens (tertiary/aromatic N) is 1. The van der Waals surface area contributed by atoms with Crippen molar-refractivity contribution in [1.82, 2.24) is 4.90 Å². The van der Waals surface area contributed by atoms with Gasteiger partial charge in [0, 0.05) is 23.8 Å². The Kier molecular flexibility index (Phi) is 6.45. The van der Waals surface area contributed by atoms with E-state index in [1.54, 1.807) is 24.1 Å². The molecule has 0 saturated heterocycles. The molecular formula is C11H16BrClN2O. The average molecular weight is 308 g/mol. The third-order valence-electron chi connectivity index (χ3n) is 2.15. The molecule has 2 N–H and O–H groups in total. The molecule has 1 rings (SSSR count). The van der Waals surface area contributed by atoms with Crippen molar-refractivity contribution >= 4 is 39.9 Å². The predicted octanol–water partition coefficient (Wildman–Crippen LogP) is 2.94. The summed E-state index contributed by atoms with van der Waals surface area (Å²) in [5.74, 6) is -0.0261. The fourth-order valence-electron chi connectivity index (χ4n) is 1.37. The first-order chi connectivity index (χ1) is 7.06. The van der Waals surface area contributed by atoms with Gasteiger partial charge in [-0.1, -0.05) is 22.9 Å². The first-order valence-corrected chi connectivity index (χ1v) is 5.66. The van der Waals surface area contributed by atoms with E-state index in [1.165, 1.54) is 0 Å². The van der Waals surface area contributed by atoms with Gasteiger partial charge in [0.15, 0.2) is 0 Å². The molecule has 0 aromatic heterocycles. The number of carbonyl (C=O) groups is 1. The van der Waals surface area contributed by atoms with Crippen LogP contribution >= 0.6 is 28.3 Å². The molecule has 1 aromatic rings. The van der Waals surface area contributed by atoms with E-state index < -0.39 is 0 Å². The molecule has 90 valence electrons. The zero-order chi connectivity index (χ0) is 11.4. The highest BCUT2D eigenvalue weighted by molar-refractivity contribution is 9.10. The quantitative estimate of drug-likeness (QED) is 0.873. The van der Waals surface area contributed by atoms with Crippen molar-refractivity contribution in [2.45, 2.75) is 13.3 Å². The van der Waals surface area contributed by atoms with Crippen LogP contribution in [-0.4, -0.2) is 24.4 Å². The van der Waals surface area contributed by atoms with Crippen LogP contribution in [0.3, 0.4) is 0 Å². The predicted molar refractivity (Wildman–Crippen MR) is 73.1 cm³/mol. The Morgan fingerprint density at radius 2 is 2.12 bits per heavy atom. The Hall–Kier alpha value is -0.740. The lowest BCUT2D eigenvalue weighted by Crippen LogP contribution is -2.28. The average Bonchev–Trinajstić information content (AvgIpc) is 2.17. The Balaban J connectivity index is 0.00000225. The number of rotatable bonds is 3. The Morgan fingerprint density at radius 1 is 1.50 bits per heavy atom. The van der Waals surface area contributed by atoms with Crippen molar-refractivity contribution in [3.8, 4) is 0 Å². The van der Waals surface area contributed by atoms with Gasteiger partial charge in [0.25, 0.3) is 5.91 Å². The van der Waals surface area contributed by atoms with E-state index in [4.69, 9.17) is 5.73 Å². The number of nitrogens with two attached hydrogens (primary N) is 1. The van der Waals surface area contributed by atoms with Crippen molar-refractivity contribution in [2.75, 3.05) is 19.3 Å². The van der Waals surface area contributed by atoms with Gasteiger partial charge >= 0.3 is 0 Å². The highest BCUT2D eigenvalue weighted by Gasteiger charge is 2.13. The van der Waals surface area contributed by atoms with Crippen LogP contribution < -0.4 is 5.73 Å². The number of anilines is 1. The summed E-state index contributed by atoms with van der Waals surface area (Å²) in [6.07, 6.45) is 0.943. The van der Waals surface area contributed by atoms with Crippen LogP contribution in [0.15, 0.2) is 22.7 Å². The lowest BCUT2D eigenvalue weighted by Gasteiger charge is -2.17. The number of hydrogen-bond acceptors (Lipinski definition) is 2. The van der Waals surface area contributed by atoms with E-state index in [0.29, 0.717) is 11.3 Å². The van der Waals surface area contributed by atoms with Crippen molar-refractivity contribution in [2.24, 2.45) is 0 Å². The van der Waals surface area contributed by atoms with Gasteiger partial charge in [-0.25, -0.2) is 0 Å². The molecule has 1 amide bonds. The maximum absolute atomic E-state index is 11.9. The summed E-state index contributed by atoms with van der Waals surface area (Å²) in [5, 5.41) is 0. The van der Waals surface area contributed by atoms with Crippen LogP contribution in [0.25, 0.3) is 0 Å². The first kappa shape index (κ1) is 15.3. The van der Waals surface area contributed by atoms with Gasteiger partial charge in [-0.2, -0.15) is 0 Å². The zero-order valence-electron chi connectivity index (χ0n) is 9.37. The number of benzene rings is 1. The molecule has 0 atom stereocenters. The van der Waals surface area contributed by atoms with E-state index in [2.05, 4.69) is 15.9 Å². The zero-order valence-corrected chi connectivity index (χ0v) is 11.8. The number of carbonyl (C=O) groups excluding carboxylic acids is 1. The second-order valence-electron chi connectivity index (χ2n) is 3.46. The number of amides is 1. The number of nitrogen functional groups attached to an aromatic ring is 1. The summed E-state index contributed by atoms with van der Waals surface area (Å²) in [6.45, 7) is 2.78. The molecule has 5 heteroatoms. The van der Waals surface area contributed by atoms with Crippen LogP contribution in [0.4, 0.5) is 5.69 Å². The van der Waals surface area contributed by atoms with E-state index in [0.717, 1.165) is 17.4 Å². The van der Waals surface area contributed by atoms with Gasteiger partial charge in [0.1, 0.15) is 0 Å². The molecule has 0 fully saturated rings. The van der Waals surface area contributed by atoms with Crippen LogP contribution in [0.2, 0.25) is 0 Å². The minimum Gasteiger partial charge on any atom is -0.398 e. The van der Waals surface area contributed by atoms with Gasteiger partial charge in [0.2, 0.25) is 0 Å². The van der Waals surface area contributed by atoms with Crippen LogP contribution in [0.1, 0.15) is 23.7 Å². The second-order valence-corrected chi connectivity index (χ2v) is 4.37. The van der Waals surface area contributed by atoms with Gasteiger partial charge in [-0.15, -0.1) is 12.4 Å². The maximum Gasteiger partial charge on any atom is 0.255 e. The minimum absolute atomic E-state index is 0. The second kappa shape index (κ2) is 6.76. The fourth-order valence-corrected chi connectivity index (χ4v) is 1.75.